The molecule has 3 nitrogen and oxygen atoms in total. The average molecular weight is 168 g/mol. The van der Waals surface area contributed by atoms with Crippen LogP contribution >= 0.6 is 0 Å². The Bertz CT molecular complexity index is 364. The monoisotopic (exact) mass is 168 g/mol. The highest BCUT2D eigenvalue weighted by molar-refractivity contribution is 5.73. The van der Waals surface area contributed by atoms with Crippen molar-refractivity contribution in [1.29, 1.82) is 0 Å². The van der Waals surface area contributed by atoms with Crippen molar-refractivity contribution in [3.8, 4) is 0 Å². The standard InChI is InChI=1S/C9H11NO2/c10-8(9(11)12)6-7-4-2-1-3-5-7/h1-5,8H,6,10H2,(H,11,12)/t8-/m0/s1/i1D,6D2. The zero-order valence-electron chi connectivity index (χ0n) is 9.32. The number of carboxylic acids is 1. The maximum Gasteiger partial charge on any atom is 0.320 e. The number of carbonyl (C=O) groups is 1. The van der Waals surface area contributed by atoms with Crippen LogP contribution in [0.5, 0.6) is 0 Å². The van der Waals surface area contributed by atoms with E-state index in [2.05, 4.69) is 0 Å². The van der Waals surface area contributed by atoms with Crippen LogP contribution in [0.25, 0.3) is 0 Å². The lowest BCUT2D eigenvalue weighted by Crippen LogP contribution is -2.32. The Kier molecular flexibility index (Phi) is 1.72. The van der Waals surface area contributed by atoms with Crippen molar-refractivity contribution in [2.45, 2.75) is 12.4 Å². The topological polar surface area (TPSA) is 63.3 Å². The second kappa shape index (κ2) is 3.88. The molecule has 0 saturated carbocycles. The molecule has 64 valence electrons. The van der Waals surface area contributed by atoms with Gasteiger partial charge >= 0.3 is 5.97 Å². The van der Waals surface area contributed by atoms with Crippen LogP contribution in [0.3, 0.4) is 0 Å². The Morgan fingerprint density at radius 1 is 1.75 bits per heavy atom. The molecule has 12 heavy (non-hydrogen) atoms. The highest BCUT2D eigenvalue weighted by atomic mass is 16.4. The molecule has 3 heteroatoms. The normalized spacial score (nSPS) is 17.2. The molecule has 1 rings (SSSR count). The van der Waals surface area contributed by atoms with Crippen molar-refractivity contribution in [2.75, 3.05) is 0 Å². The molecule has 1 aromatic carbocycles. The maximum atomic E-state index is 10.6. The zero-order valence-corrected chi connectivity index (χ0v) is 6.32. The first-order chi connectivity index (χ1) is 6.85. The van der Waals surface area contributed by atoms with Gasteiger partial charge in [-0.1, -0.05) is 30.3 Å². The second-order valence-electron chi connectivity index (χ2n) is 2.25. The summed E-state index contributed by atoms with van der Waals surface area (Å²) in [6.45, 7) is 0. The summed E-state index contributed by atoms with van der Waals surface area (Å²) in [4.78, 5) is 10.6. The smallest absolute Gasteiger partial charge is 0.320 e. The van der Waals surface area contributed by atoms with Gasteiger partial charge in [-0.25, -0.2) is 0 Å². The lowest BCUT2D eigenvalue weighted by Gasteiger charge is -2.04. The maximum absolute atomic E-state index is 10.6. The highest BCUT2D eigenvalue weighted by Gasteiger charge is 2.10. The molecule has 0 saturated heterocycles. The fourth-order valence-corrected chi connectivity index (χ4v) is 0.724. The van der Waals surface area contributed by atoms with Crippen LogP contribution in [0.4, 0.5) is 0 Å². The first kappa shape index (κ1) is 5.32. The summed E-state index contributed by atoms with van der Waals surface area (Å²) in [5.41, 5.74) is 5.40. The van der Waals surface area contributed by atoms with Crippen LogP contribution < -0.4 is 5.73 Å². The number of hydrogen-bond acceptors (Lipinski definition) is 2. The van der Waals surface area contributed by atoms with Gasteiger partial charge in [0.1, 0.15) is 6.04 Å². The van der Waals surface area contributed by atoms with Crippen LogP contribution in [-0.2, 0) is 11.2 Å². The number of nitrogens with two attached hydrogens (primary N) is 1. The van der Waals surface area contributed by atoms with E-state index in [1.54, 1.807) is 0 Å². The predicted molar refractivity (Wildman–Crippen MR) is 45.8 cm³/mol. The van der Waals surface area contributed by atoms with Crippen LogP contribution in [-0.4, -0.2) is 17.1 Å². The van der Waals surface area contributed by atoms with Gasteiger partial charge < -0.3 is 10.8 Å². The first-order valence-corrected chi connectivity index (χ1v) is 3.41. The van der Waals surface area contributed by atoms with Gasteiger partial charge in [0.05, 0.1) is 1.37 Å². The van der Waals surface area contributed by atoms with E-state index in [1.165, 1.54) is 24.3 Å². The fraction of sp³-hybridized carbons (Fsp3) is 0.222. The van der Waals surface area contributed by atoms with E-state index >= 15 is 0 Å². The molecular formula is C9H11NO2. The Balaban J connectivity index is 3.05. The van der Waals surface area contributed by atoms with Crippen LogP contribution in [0.15, 0.2) is 30.3 Å². The van der Waals surface area contributed by atoms with Gasteiger partial charge in [0, 0.05) is 2.74 Å². The van der Waals surface area contributed by atoms with Gasteiger partial charge in [0.25, 0.3) is 0 Å². The molecular weight excluding hydrogens is 154 g/mol. The minimum Gasteiger partial charge on any atom is -0.480 e. The SMILES string of the molecule is [2H]c1ccc(C([2H])([2H])[C@H](N)C(=O)O)cc1. The van der Waals surface area contributed by atoms with Crippen LogP contribution in [0.1, 0.15) is 9.68 Å². The summed E-state index contributed by atoms with van der Waals surface area (Å²) in [6, 6.07) is 4.13. The quantitative estimate of drug-likeness (QED) is 0.696. The molecule has 0 aliphatic carbocycles. The molecule has 0 radical (unpaired) electrons. The molecule has 0 aliphatic rings. The number of hydrogen-bond donors (Lipinski definition) is 2. The Labute approximate surface area is 75.0 Å². The van der Waals surface area contributed by atoms with Gasteiger partial charge in [-0.2, -0.15) is 0 Å². The predicted octanol–water partition coefficient (Wildman–Crippen LogP) is 0.641. The summed E-state index contributed by atoms with van der Waals surface area (Å²) in [7, 11) is 0. The molecule has 1 aromatic rings. The van der Waals surface area contributed by atoms with Crippen LogP contribution in [0.2, 0.25) is 0 Å². The van der Waals surface area contributed by atoms with Crippen molar-refractivity contribution in [3.05, 3.63) is 35.9 Å². The lowest BCUT2D eigenvalue weighted by molar-refractivity contribution is -0.138. The number of carboxylic acid groups (broad SMARTS) is 1. The van der Waals surface area contributed by atoms with Gasteiger partial charge in [-0.15, -0.1) is 0 Å². The van der Waals surface area contributed by atoms with Gasteiger partial charge in [-0.05, 0) is 11.9 Å². The third kappa shape index (κ3) is 2.36. The van der Waals surface area contributed by atoms with Crippen molar-refractivity contribution >= 4 is 5.97 Å². The second-order valence-corrected chi connectivity index (χ2v) is 2.25. The number of benzene rings is 1. The number of rotatable bonds is 3. The minimum absolute atomic E-state index is 0.161. The van der Waals surface area contributed by atoms with Gasteiger partial charge in [0.2, 0.25) is 0 Å². The van der Waals surface area contributed by atoms with Crippen LogP contribution in [0, 0.1) is 0 Å². The molecule has 0 spiro atoms. The van der Waals surface area contributed by atoms with Crippen molar-refractivity contribution < 1.29 is 14.0 Å². The van der Waals surface area contributed by atoms with Gasteiger partial charge in [0.15, 0.2) is 0 Å². The Morgan fingerprint density at radius 3 is 2.83 bits per heavy atom. The zero-order chi connectivity index (χ0) is 11.6. The lowest BCUT2D eigenvalue weighted by atomic mass is 10.1. The highest BCUT2D eigenvalue weighted by Crippen LogP contribution is 2.01. The fourth-order valence-electron chi connectivity index (χ4n) is 0.724. The third-order valence-corrected chi connectivity index (χ3v) is 1.31. The van der Waals surface area contributed by atoms with Gasteiger partial charge in [-0.3, -0.25) is 4.79 Å². The van der Waals surface area contributed by atoms with E-state index in [-0.39, 0.29) is 11.6 Å². The van der Waals surface area contributed by atoms with E-state index in [0.717, 1.165) is 0 Å². The summed E-state index contributed by atoms with van der Waals surface area (Å²) < 4.78 is 22.4. The summed E-state index contributed by atoms with van der Waals surface area (Å²) >= 11 is 0. The molecule has 0 unspecified atom stereocenters. The molecule has 0 bridgehead atoms. The summed E-state index contributed by atoms with van der Waals surface area (Å²) in [5, 5.41) is 8.63. The molecule has 0 amide bonds. The molecule has 0 aromatic heterocycles. The number of aliphatic carboxylic acids is 1. The summed E-state index contributed by atoms with van der Waals surface area (Å²) in [5.74, 6) is -1.39. The van der Waals surface area contributed by atoms with E-state index < -0.39 is 18.4 Å². The van der Waals surface area contributed by atoms with Crippen molar-refractivity contribution in [2.24, 2.45) is 5.73 Å². The van der Waals surface area contributed by atoms with E-state index in [4.69, 9.17) is 15.0 Å². The minimum atomic E-state index is -2.14. The largest absolute Gasteiger partial charge is 0.480 e. The van der Waals surface area contributed by atoms with E-state index in [1.807, 2.05) is 0 Å². The summed E-state index contributed by atoms with van der Waals surface area (Å²) in [6.07, 6.45) is -2.14. The Morgan fingerprint density at radius 2 is 2.33 bits per heavy atom. The average Bonchev–Trinajstić information content (AvgIpc) is 2.17. The first-order valence-electron chi connectivity index (χ1n) is 4.91. The van der Waals surface area contributed by atoms with Crippen molar-refractivity contribution in [1.82, 2.24) is 0 Å². The molecule has 0 heterocycles. The molecule has 1 atom stereocenters. The van der Waals surface area contributed by atoms with Crippen molar-refractivity contribution in [3.63, 3.8) is 0 Å². The third-order valence-electron chi connectivity index (χ3n) is 1.31. The van der Waals surface area contributed by atoms with E-state index in [0.29, 0.717) is 0 Å². The molecule has 0 aliphatic heterocycles. The molecule has 3 N–H and O–H groups in total. The Hall–Kier alpha value is -1.35. The molecule has 0 fully saturated rings. The van der Waals surface area contributed by atoms with E-state index in [9.17, 15) is 4.79 Å².